The van der Waals surface area contributed by atoms with Crippen LogP contribution in [0, 0.1) is 10.1 Å². The summed E-state index contributed by atoms with van der Waals surface area (Å²) in [6.07, 6.45) is -0.694. The number of nitro groups is 1. The SMILES string of the molecule is CC(C)(C)OC(=O)NCCCC(NS(=O)(=O)c1ccccc1[N+](=O)[O-])C(=O)O. The third kappa shape index (κ3) is 7.48. The lowest BCUT2D eigenvalue weighted by molar-refractivity contribution is -0.387. The summed E-state index contributed by atoms with van der Waals surface area (Å²) >= 11 is 0. The number of nitrogens with zero attached hydrogens (tertiary/aromatic N) is 1. The van der Waals surface area contributed by atoms with Crippen molar-refractivity contribution in [3.8, 4) is 0 Å². The first kappa shape index (κ1) is 23.3. The van der Waals surface area contributed by atoms with E-state index >= 15 is 0 Å². The number of alkyl carbamates (subject to hydrolysis) is 1. The van der Waals surface area contributed by atoms with Crippen LogP contribution in [-0.2, 0) is 19.6 Å². The Morgan fingerprint density at radius 2 is 1.89 bits per heavy atom. The van der Waals surface area contributed by atoms with Crippen molar-refractivity contribution in [2.24, 2.45) is 0 Å². The van der Waals surface area contributed by atoms with Crippen molar-refractivity contribution in [1.29, 1.82) is 0 Å². The molecule has 1 amide bonds. The smallest absolute Gasteiger partial charge is 0.407 e. The molecule has 1 unspecified atom stereocenters. The van der Waals surface area contributed by atoms with Gasteiger partial charge in [-0.05, 0) is 39.7 Å². The molecule has 0 saturated carbocycles. The maximum absolute atomic E-state index is 12.4. The van der Waals surface area contributed by atoms with Crippen LogP contribution in [0.3, 0.4) is 0 Å². The molecule has 1 aromatic carbocycles. The fraction of sp³-hybridized carbons (Fsp3) is 0.500. The molecule has 0 radical (unpaired) electrons. The Kier molecular flexibility index (Phi) is 7.88. The molecule has 0 saturated heterocycles. The van der Waals surface area contributed by atoms with E-state index in [0.717, 1.165) is 12.1 Å². The number of aliphatic carboxylic acids is 1. The first-order valence-corrected chi connectivity index (χ1v) is 9.77. The van der Waals surface area contributed by atoms with E-state index < -0.39 is 49.2 Å². The van der Waals surface area contributed by atoms with Gasteiger partial charge in [0.05, 0.1) is 4.92 Å². The highest BCUT2D eigenvalue weighted by atomic mass is 32.2. The summed E-state index contributed by atoms with van der Waals surface area (Å²) in [7, 11) is -4.44. The number of para-hydroxylation sites is 1. The number of benzene rings is 1. The van der Waals surface area contributed by atoms with E-state index in [4.69, 9.17) is 4.74 Å². The minimum absolute atomic E-state index is 0.0614. The second kappa shape index (κ2) is 9.46. The molecule has 0 spiro atoms. The number of nitro benzene ring substituents is 1. The number of ether oxygens (including phenoxy) is 1. The number of carboxylic acids is 1. The molecule has 11 nitrogen and oxygen atoms in total. The minimum Gasteiger partial charge on any atom is -0.480 e. The van der Waals surface area contributed by atoms with Gasteiger partial charge in [0, 0.05) is 12.6 Å². The Bertz CT molecular complexity index is 833. The minimum atomic E-state index is -4.44. The quantitative estimate of drug-likeness (QED) is 0.310. The van der Waals surface area contributed by atoms with Crippen molar-refractivity contribution in [2.45, 2.75) is 50.2 Å². The molecule has 0 aliphatic rings. The maximum atomic E-state index is 12.4. The van der Waals surface area contributed by atoms with Gasteiger partial charge in [-0.1, -0.05) is 12.1 Å². The molecule has 12 heteroatoms. The number of hydrogen-bond donors (Lipinski definition) is 3. The second-order valence-corrected chi connectivity index (χ2v) is 8.49. The molecule has 0 fully saturated rings. The number of rotatable bonds is 9. The van der Waals surface area contributed by atoms with Crippen molar-refractivity contribution in [3.63, 3.8) is 0 Å². The Labute approximate surface area is 162 Å². The van der Waals surface area contributed by atoms with Crippen LogP contribution in [0.1, 0.15) is 33.6 Å². The summed E-state index contributed by atoms with van der Waals surface area (Å²) in [5.41, 5.74) is -1.35. The first-order valence-electron chi connectivity index (χ1n) is 8.29. The van der Waals surface area contributed by atoms with Gasteiger partial charge in [-0.25, -0.2) is 13.2 Å². The molecule has 3 N–H and O–H groups in total. The Morgan fingerprint density at radius 1 is 1.29 bits per heavy atom. The average Bonchev–Trinajstić information content (AvgIpc) is 2.55. The summed E-state index contributed by atoms with van der Waals surface area (Å²) in [4.78, 5) is 32.4. The maximum Gasteiger partial charge on any atom is 0.407 e. The molecule has 1 aromatic rings. The molecule has 156 valence electrons. The van der Waals surface area contributed by atoms with Crippen molar-refractivity contribution in [3.05, 3.63) is 34.4 Å². The summed E-state index contributed by atoms with van der Waals surface area (Å²) in [6, 6.07) is 3.10. The van der Waals surface area contributed by atoms with Crippen LogP contribution in [0.4, 0.5) is 10.5 Å². The standard InChI is InChI=1S/C16H23N3O8S/c1-16(2,3)27-15(22)17-10-6-7-11(14(20)21)18-28(25,26)13-9-5-4-8-12(13)19(23)24/h4-5,8-9,11,18H,6-7,10H2,1-3H3,(H,17,22)(H,20,21). The zero-order chi connectivity index (χ0) is 21.5. The summed E-state index contributed by atoms with van der Waals surface area (Å²) in [5.74, 6) is -1.44. The highest BCUT2D eigenvalue weighted by Crippen LogP contribution is 2.23. The van der Waals surface area contributed by atoms with Gasteiger partial charge in [0.1, 0.15) is 11.6 Å². The number of nitrogens with one attached hydrogen (secondary N) is 2. The van der Waals surface area contributed by atoms with Crippen LogP contribution in [0.5, 0.6) is 0 Å². The number of hydrogen-bond acceptors (Lipinski definition) is 7. The van der Waals surface area contributed by atoms with Gasteiger partial charge < -0.3 is 15.2 Å². The predicted molar refractivity (Wildman–Crippen MR) is 98.3 cm³/mol. The number of amides is 1. The molecule has 0 aromatic heterocycles. The number of carbonyl (C=O) groups excluding carboxylic acids is 1. The van der Waals surface area contributed by atoms with Crippen LogP contribution in [0.25, 0.3) is 0 Å². The van der Waals surface area contributed by atoms with Gasteiger partial charge in [-0.2, -0.15) is 4.72 Å². The van der Waals surface area contributed by atoms with E-state index in [1.165, 1.54) is 12.1 Å². The van der Waals surface area contributed by atoms with Crippen LogP contribution in [0.15, 0.2) is 29.2 Å². The predicted octanol–water partition coefficient (Wildman–Crippen LogP) is 1.63. The zero-order valence-electron chi connectivity index (χ0n) is 15.7. The zero-order valence-corrected chi connectivity index (χ0v) is 16.5. The lowest BCUT2D eigenvalue weighted by Crippen LogP contribution is -2.41. The highest BCUT2D eigenvalue weighted by Gasteiger charge is 2.30. The molecule has 1 atom stereocenters. The Balaban J connectivity index is 2.74. The van der Waals surface area contributed by atoms with Gasteiger partial charge >= 0.3 is 12.1 Å². The summed E-state index contributed by atoms with van der Waals surface area (Å²) in [5, 5.41) is 22.7. The van der Waals surface area contributed by atoms with Crippen LogP contribution >= 0.6 is 0 Å². The second-order valence-electron chi connectivity index (χ2n) is 6.81. The fourth-order valence-electron chi connectivity index (χ4n) is 2.13. The molecule has 0 bridgehead atoms. The third-order valence-corrected chi connectivity index (χ3v) is 4.80. The van der Waals surface area contributed by atoms with E-state index in [2.05, 4.69) is 5.32 Å². The largest absolute Gasteiger partial charge is 0.480 e. The summed E-state index contributed by atoms with van der Waals surface area (Å²) < 4.78 is 31.8. The first-order chi connectivity index (χ1) is 12.8. The van der Waals surface area contributed by atoms with Gasteiger partial charge in [-0.15, -0.1) is 0 Å². The van der Waals surface area contributed by atoms with Crippen LogP contribution in [0.2, 0.25) is 0 Å². The lowest BCUT2D eigenvalue weighted by atomic mass is 10.2. The number of carboxylic acid groups (broad SMARTS) is 1. The number of sulfonamides is 1. The van der Waals surface area contributed by atoms with Crippen LogP contribution in [-0.4, -0.2) is 48.7 Å². The van der Waals surface area contributed by atoms with Crippen molar-refractivity contribution in [1.82, 2.24) is 10.0 Å². The van der Waals surface area contributed by atoms with E-state index in [0.29, 0.717) is 0 Å². The Hall–Kier alpha value is -2.73. The fourth-order valence-corrected chi connectivity index (χ4v) is 3.53. The van der Waals surface area contributed by atoms with Gasteiger partial charge in [0.2, 0.25) is 10.0 Å². The Morgan fingerprint density at radius 3 is 2.43 bits per heavy atom. The molecule has 1 rings (SSSR count). The topological polar surface area (TPSA) is 165 Å². The molecular formula is C16H23N3O8S. The lowest BCUT2D eigenvalue weighted by Gasteiger charge is -2.20. The molecule has 28 heavy (non-hydrogen) atoms. The van der Waals surface area contributed by atoms with Crippen LogP contribution < -0.4 is 10.0 Å². The van der Waals surface area contributed by atoms with E-state index in [1.54, 1.807) is 20.8 Å². The van der Waals surface area contributed by atoms with Gasteiger partial charge in [0.25, 0.3) is 5.69 Å². The average molecular weight is 417 g/mol. The van der Waals surface area contributed by atoms with E-state index in [1.807, 2.05) is 4.72 Å². The van der Waals surface area contributed by atoms with Gasteiger partial charge in [-0.3, -0.25) is 14.9 Å². The number of carbonyl (C=O) groups is 2. The van der Waals surface area contributed by atoms with Crippen molar-refractivity contribution < 1.29 is 32.8 Å². The molecular weight excluding hydrogens is 394 g/mol. The molecule has 0 aliphatic heterocycles. The highest BCUT2D eigenvalue weighted by molar-refractivity contribution is 7.89. The normalized spacial score (nSPS) is 12.8. The van der Waals surface area contributed by atoms with E-state index in [-0.39, 0.29) is 19.4 Å². The monoisotopic (exact) mass is 417 g/mol. The summed E-state index contributed by atoms with van der Waals surface area (Å²) in [6.45, 7) is 5.12. The van der Waals surface area contributed by atoms with Gasteiger partial charge in [0.15, 0.2) is 4.90 Å². The van der Waals surface area contributed by atoms with E-state index in [9.17, 15) is 33.2 Å². The van der Waals surface area contributed by atoms with Crippen molar-refractivity contribution >= 4 is 27.8 Å². The third-order valence-electron chi connectivity index (χ3n) is 3.28. The van der Waals surface area contributed by atoms with Crippen molar-refractivity contribution in [2.75, 3.05) is 6.54 Å². The molecule has 0 heterocycles. The molecule has 0 aliphatic carbocycles.